The van der Waals surface area contributed by atoms with Gasteiger partial charge in [-0.15, -0.1) is 0 Å². The Hall–Kier alpha value is -2.74. The van der Waals surface area contributed by atoms with Crippen LogP contribution in [0.3, 0.4) is 0 Å². The molecule has 148 valence electrons. The Kier molecular flexibility index (Phi) is 7.69. The van der Waals surface area contributed by atoms with Gasteiger partial charge in [0.15, 0.2) is 0 Å². The van der Waals surface area contributed by atoms with E-state index in [0.29, 0.717) is 5.56 Å². The third kappa shape index (κ3) is 6.45. The first-order chi connectivity index (χ1) is 13.3. The van der Waals surface area contributed by atoms with E-state index >= 15 is 0 Å². The van der Waals surface area contributed by atoms with Gasteiger partial charge in [0.2, 0.25) is 11.8 Å². The molecule has 0 aliphatic rings. The first kappa shape index (κ1) is 21.6. The number of amides is 2. The standard InChI is InChI=1S/C20H20BrFN2O4/c1-12(25)23-17(11-14-6-2-3-8-16(14)22)19(26)24-18(20(27)28)10-13-5-4-7-15(21)9-13/h2-9,17-18H,10-11H2,1H3,(H,23,25)(H,24,26)(H,27,28)/t17-,18+/m0/s1. The van der Waals surface area contributed by atoms with Gasteiger partial charge in [-0.05, 0) is 29.3 Å². The molecular weight excluding hydrogens is 431 g/mol. The smallest absolute Gasteiger partial charge is 0.326 e. The summed E-state index contributed by atoms with van der Waals surface area (Å²) in [4.78, 5) is 35.7. The minimum Gasteiger partial charge on any atom is -0.480 e. The van der Waals surface area contributed by atoms with Gasteiger partial charge in [-0.3, -0.25) is 9.59 Å². The lowest BCUT2D eigenvalue weighted by molar-refractivity contribution is -0.142. The number of carbonyl (C=O) groups is 3. The number of hydrogen-bond acceptors (Lipinski definition) is 3. The molecule has 6 nitrogen and oxygen atoms in total. The molecule has 2 rings (SSSR count). The van der Waals surface area contributed by atoms with Gasteiger partial charge >= 0.3 is 5.97 Å². The number of rotatable bonds is 8. The second-order valence-corrected chi connectivity index (χ2v) is 7.20. The molecule has 28 heavy (non-hydrogen) atoms. The number of carboxylic acid groups (broad SMARTS) is 1. The van der Waals surface area contributed by atoms with Crippen LogP contribution in [0, 0.1) is 5.82 Å². The van der Waals surface area contributed by atoms with Crippen LogP contribution in [0.2, 0.25) is 0 Å². The molecule has 0 fully saturated rings. The van der Waals surface area contributed by atoms with Gasteiger partial charge in [0.05, 0.1) is 0 Å². The van der Waals surface area contributed by atoms with E-state index in [9.17, 15) is 23.9 Å². The van der Waals surface area contributed by atoms with E-state index in [2.05, 4.69) is 26.6 Å². The van der Waals surface area contributed by atoms with Crippen LogP contribution < -0.4 is 10.6 Å². The number of nitrogens with one attached hydrogen (secondary N) is 2. The topological polar surface area (TPSA) is 95.5 Å². The Balaban J connectivity index is 2.15. The van der Waals surface area contributed by atoms with Crippen LogP contribution in [0.4, 0.5) is 4.39 Å². The molecule has 0 heterocycles. The summed E-state index contributed by atoms with van der Waals surface area (Å²) < 4.78 is 14.7. The lowest BCUT2D eigenvalue weighted by Gasteiger charge is -2.21. The average Bonchev–Trinajstić information content (AvgIpc) is 2.62. The zero-order valence-electron chi connectivity index (χ0n) is 15.1. The Morgan fingerprint density at radius 2 is 1.75 bits per heavy atom. The largest absolute Gasteiger partial charge is 0.480 e. The lowest BCUT2D eigenvalue weighted by Crippen LogP contribution is -2.52. The van der Waals surface area contributed by atoms with Crippen LogP contribution in [-0.2, 0) is 27.2 Å². The molecule has 2 aromatic rings. The van der Waals surface area contributed by atoms with Gasteiger partial charge in [0, 0.05) is 24.2 Å². The van der Waals surface area contributed by atoms with Crippen molar-refractivity contribution in [2.45, 2.75) is 31.8 Å². The summed E-state index contributed by atoms with van der Waals surface area (Å²) in [7, 11) is 0. The van der Waals surface area contributed by atoms with Gasteiger partial charge in [0.1, 0.15) is 17.9 Å². The van der Waals surface area contributed by atoms with Crippen molar-refractivity contribution >= 4 is 33.7 Å². The molecular formula is C20H20BrFN2O4. The van der Waals surface area contributed by atoms with Crippen molar-refractivity contribution in [1.29, 1.82) is 0 Å². The first-order valence-corrected chi connectivity index (χ1v) is 9.33. The third-order valence-electron chi connectivity index (χ3n) is 4.02. The van der Waals surface area contributed by atoms with Crippen LogP contribution in [-0.4, -0.2) is 35.0 Å². The predicted octanol–water partition coefficient (Wildman–Crippen LogP) is 2.45. The van der Waals surface area contributed by atoms with Crippen molar-refractivity contribution in [3.8, 4) is 0 Å². The molecule has 0 aliphatic heterocycles. The second kappa shape index (κ2) is 9.98. The molecule has 3 N–H and O–H groups in total. The monoisotopic (exact) mass is 450 g/mol. The average molecular weight is 451 g/mol. The summed E-state index contributed by atoms with van der Waals surface area (Å²) in [6.45, 7) is 1.23. The van der Waals surface area contributed by atoms with Crippen molar-refractivity contribution in [3.05, 3.63) is 69.9 Å². The second-order valence-electron chi connectivity index (χ2n) is 6.28. The Labute approximate surface area is 170 Å². The van der Waals surface area contributed by atoms with Crippen LogP contribution in [0.5, 0.6) is 0 Å². The quantitative estimate of drug-likeness (QED) is 0.575. The summed E-state index contributed by atoms with van der Waals surface area (Å²) in [5.41, 5.74) is 0.961. The van der Waals surface area contributed by atoms with Crippen molar-refractivity contribution < 1.29 is 23.9 Å². The minimum atomic E-state index is -1.21. The van der Waals surface area contributed by atoms with E-state index in [1.807, 2.05) is 0 Å². The number of carboxylic acids is 1. The van der Waals surface area contributed by atoms with E-state index in [1.54, 1.807) is 30.3 Å². The van der Waals surface area contributed by atoms with Crippen molar-refractivity contribution in [2.75, 3.05) is 0 Å². The summed E-state index contributed by atoms with van der Waals surface area (Å²) in [6, 6.07) is 10.7. The zero-order valence-corrected chi connectivity index (χ0v) is 16.7. The number of hydrogen-bond donors (Lipinski definition) is 3. The Morgan fingerprint density at radius 1 is 1.04 bits per heavy atom. The highest BCUT2D eigenvalue weighted by Gasteiger charge is 2.27. The molecule has 0 radical (unpaired) electrons. The molecule has 0 saturated heterocycles. The summed E-state index contributed by atoms with van der Waals surface area (Å²) in [5.74, 6) is -2.88. The number of benzene rings is 2. The van der Waals surface area contributed by atoms with Crippen LogP contribution in [0.25, 0.3) is 0 Å². The highest BCUT2D eigenvalue weighted by atomic mass is 79.9. The summed E-state index contributed by atoms with van der Waals surface area (Å²) in [5, 5.41) is 14.4. The van der Waals surface area contributed by atoms with E-state index in [4.69, 9.17) is 0 Å². The van der Waals surface area contributed by atoms with Crippen LogP contribution in [0.15, 0.2) is 53.0 Å². The summed E-state index contributed by atoms with van der Waals surface area (Å²) >= 11 is 3.32. The Morgan fingerprint density at radius 3 is 2.36 bits per heavy atom. The van der Waals surface area contributed by atoms with Crippen LogP contribution >= 0.6 is 15.9 Å². The van der Waals surface area contributed by atoms with Crippen molar-refractivity contribution in [2.24, 2.45) is 0 Å². The molecule has 0 saturated carbocycles. The molecule has 0 aliphatic carbocycles. The fraction of sp³-hybridized carbons (Fsp3) is 0.250. The molecule has 8 heteroatoms. The molecule has 2 amide bonds. The van der Waals surface area contributed by atoms with Crippen molar-refractivity contribution in [3.63, 3.8) is 0 Å². The number of halogens is 2. The molecule has 0 aromatic heterocycles. The first-order valence-electron chi connectivity index (χ1n) is 8.54. The predicted molar refractivity (Wildman–Crippen MR) is 105 cm³/mol. The van der Waals surface area contributed by atoms with E-state index < -0.39 is 35.7 Å². The maximum atomic E-state index is 13.9. The van der Waals surface area contributed by atoms with Gasteiger partial charge < -0.3 is 15.7 Å². The molecule has 0 bridgehead atoms. The third-order valence-corrected chi connectivity index (χ3v) is 4.51. The van der Waals surface area contributed by atoms with Gasteiger partial charge in [0.25, 0.3) is 0 Å². The van der Waals surface area contributed by atoms with Crippen molar-refractivity contribution in [1.82, 2.24) is 10.6 Å². The molecule has 0 spiro atoms. The van der Waals surface area contributed by atoms with Gasteiger partial charge in [-0.1, -0.05) is 46.3 Å². The zero-order chi connectivity index (χ0) is 20.7. The fourth-order valence-electron chi connectivity index (χ4n) is 2.71. The molecule has 0 unspecified atom stereocenters. The maximum Gasteiger partial charge on any atom is 0.326 e. The Bertz CT molecular complexity index is 875. The SMILES string of the molecule is CC(=O)N[C@@H](Cc1ccccc1F)C(=O)N[C@H](Cc1cccc(Br)c1)C(=O)O. The number of carbonyl (C=O) groups excluding carboxylic acids is 2. The van der Waals surface area contributed by atoms with E-state index in [1.165, 1.54) is 25.1 Å². The van der Waals surface area contributed by atoms with E-state index in [-0.39, 0.29) is 18.4 Å². The van der Waals surface area contributed by atoms with E-state index in [0.717, 1.165) is 4.47 Å². The fourth-order valence-corrected chi connectivity index (χ4v) is 3.16. The number of aliphatic carboxylic acids is 1. The highest BCUT2D eigenvalue weighted by molar-refractivity contribution is 9.10. The summed E-state index contributed by atoms with van der Waals surface area (Å²) in [6.07, 6.45) is -0.0334. The highest BCUT2D eigenvalue weighted by Crippen LogP contribution is 2.14. The van der Waals surface area contributed by atoms with Gasteiger partial charge in [-0.25, -0.2) is 9.18 Å². The normalized spacial score (nSPS) is 12.7. The lowest BCUT2D eigenvalue weighted by atomic mass is 10.0. The minimum absolute atomic E-state index is 0.0625. The maximum absolute atomic E-state index is 13.9. The van der Waals surface area contributed by atoms with Crippen LogP contribution in [0.1, 0.15) is 18.1 Å². The molecule has 2 aromatic carbocycles. The van der Waals surface area contributed by atoms with Gasteiger partial charge in [-0.2, -0.15) is 0 Å². The molecule has 2 atom stereocenters.